The number of anilines is 1. The van der Waals surface area contributed by atoms with Crippen LogP contribution in [0.3, 0.4) is 0 Å². The third-order valence-electron chi connectivity index (χ3n) is 4.78. The van der Waals surface area contributed by atoms with Crippen LogP contribution in [0, 0.1) is 0 Å². The van der Waals surface area contributed by atoms with Crippen molar-refractivity contribution in [1.29, 1.82) is 0 Å². The molecule has 0 saturated heterocycles. The molecule has 0 aliphatic rings. The van der Waals surface area contributed by atoms with E-state index in [-0.39, 0.29) is 22.3 Å². The molecule has 3 rings (SSSR count). The summed E-state index contributed by atoms with van der Waals surface area (Å²) in [6.45, 7) is 4.80. The van der Waals surface area contributed by atoms with Gasteiger partial charge in [0.15, 0.2) is 6.10 Å². The molecule has 1 amide bonds. The Labute approximate surface area is 193 Å². The molecule has 174 valence electrons. The highest BCUT2D eigenvalue weighted by molar-refractivity contribution is 7.89. The van der Waals surface area contributed by atoms with Crippen LogP contribution in [0.5, 0.6) is 5.75 Å². The molecule has 1 atom stereocenters. The molecule has 0 bridgehead atoms. The summed E-state index contributed by atoms with van der Waals surface area (Å²) in [6, 6.07) is 16.6. The molecular weight excluding hydrogens is 444 g/mol. The van der Waals surface area contributed by atoms with E-state index in [0.717, 1.165) is 10.8 Å². The van der Waals surface area contributed by atoms with Gasteiger partial charge in [-0.05, 0) is 50.4 Å². The van der Waals surface area contributed by atoms with Crippen LogP contribution < -0.4 is 14.8 Å². The lowest BCUT2D eigenvalue weighted by Gasteiger charge is -2.16. The Hall–Kier alpha value is -3.43. The fourth-order valence-corrected chi connectivity index (χ4v) is 4.68. The van der Waals surface area contributed by atoms with Crippen molar-refractivity contribution in [2.24, 2.45) is 0 Å². The SMILES string of the molecule is COc1ccc(C(=O)O[C@H](C)C(=O)Nc2cccc3ccccc23)cc1S(=O)(=O)NC(C)C. The summed E-state index contributed by atoms with van der Waals surface area (Å²) in [4.78, 5) is 25.1. The normalized spacial score (nSPS) is 12.4. The lowest BCUT2D eigenvalue weighted by molar-refractivity contribution is -0.123. The molecule has 0 saturated carbocycles. The third-order valence-corrected chi connectivity index (χ3v) is 6.46. The molecular formula is C24H26N2O6S. The first-order chi connectivity index (χ1) is 15.6. The van der Waals surface area contributed by atoms with Gasteiger partial charge in [-0.1, -0.05) is 36.4 Å². The quantitative estimate of drug-likeness (QED) is 0.486. The Morgan fingerprint density at radius 3 is 2.33 bits per heavy atom. The van der Waals surface area contributed by atoms with Crippen LogP contribution in [0.15, 0.2) is 65.6 Å². The van der Waals surface area contributed by atoms with Crippen LogP contribution in [-0.4, -0.2) is 39.5 Å². The summed E-state index contributed by atoms with van der Waals surface area (Å²) in [5.41, 5.74) is 0.573. The van der Waals surface area contributed by atoms with E-state index in [9.17, 15) is 18.0 Å². The van der Waals surface area contributed by atoms with Crippen molar-refractivity contribution in [1.82, 2.24) is 4.72 Å². The number of sulfonamides is 1. The molecule has 0 fully saturated rings. The molecule has 8 nitrogen and oxygen atoms in total. The number of ether oxygens (including phenoxy) is 2. The van der Waals surface area contributed by atoms with Crippen LogP contribution in [0.4, 0.5) is 5.69 Å². The molecule has 0 radical (unpaired) electrons. The van der Waals surface area contributed by atoms with Gasteiger partial charge in [0.1, 0.15) is 10.6 Å². The first kappa shape index (κ1) is 24.2. The van der Waals surface area contributed by atoms with Gasteiger partial charge >= 0.3 is 5.97 Å². The molecule has 9 heteroatoms. The van der Waals surface area contributed by atoms with Crippen molar-refractivity contribution in [3.05, 3.63) is 66.2 Å². The standard InChI is InChI=1S/C24H26N2O6S/c1-15(2)26-33(29,30)22-14-18(12-13-21(22)31-4)24(28)32-16(3)23(27)25-20-11-7-9-17-8-5-6-10-19(17)20/h5-16,26H,1-4H3,(H,25,27)/t16-/m1/s1. The van der Waals surface area contributed by atoms with Crippen molar-refractivity contribution in [3.8, 4) is 5.75 Å². The van der Waals surface area contributed by atoms with E-state index in [0.29, 0.717) is 5.69 Å². The molecule has 0 heterocycles. The molecule has 3 aromatic rings. The minimum atomic E-state index is -3.93. The zero-order valence-corrected chi connectivity index (χ0v) is 19.6. The van der Waals surface area contributed by atoms with E-state index in [4.69, 9.17) is 9.47 Å². The van der Waals surface area contributed by atoms with Gasteiger partial charge in [0.05, 0.1) is 12.7 Å². The van der Waals surface area contributed by atoms with E-state index in [2.05, 4.69) is 10.0 Å². The fraction of sp³-hybridized carbons (Fsp3) is 0.250. The Bertz CT molecular complexity index is 1280. The minimum Gasteiger partial charge on any atom is -0.495 e. The second-order valence-electron chi connectivity index (χ2n) is 7.71. The highest BCUT2D eigenvalue weighted by Gasteiger charge is 2.25. The maximum Gasteiger partial charge on any atom is 0.338 e. The number of rotatable bonds is 8. The molecule has 3 aromatic carbocycles. The monoisotopic (exact) mass is 470 g/mol. The Morgan fingerprint density at radius 2 is 1.64 bits per heavy atom. The van der Waals surface area contributed by atoms with Crippen LogP contribution >= 0.6 is 0 Å². The summed E-state index contributed by atoms with van der Waals surface area (Å²) in [5.74, 6) is -1.26. The van der Waals surface area contributed by atoms with E-state index in [1.807, 2.05) is 36.4 Å². The number of carbonyl (C=O) groups excluding carboxylic acids is 2. The summed E-state index contributed by atoms with van der Waals surface area (Å²) in [5, 5.41) is 4.59. The molecule has 0 spiro atoms. The van der Waals surface area contributed by atoms with Gasteiger partial charge in [0.2, 0.25) is 10.0 Å². The van der Waals surface area contributed by atoms with E-state index >= 15 is 0 Å². The van der Waals surface area contributed by atoms with Crippen LogP contribution in [-0.2, 0) is 19.6 Å². The van der Waals surface area contributed by atoms with Crippen molar-refractivity contribution in [3.63, 3.8) is 0 Å². The first-order valence-electron chi connectivity index (χ1n) is 10.3. The summed E-state index contributed by atoms with van der Waals surface area (Å²) >= 11 is 0. The second-order valence-corrected chi connectivity index (χ2v) is 9.39. The number of hydrogen-bond donors (Lipinski definition) is 2. The number of benzene rings is 3. The van der Waals surface area contributed by atoms with Gasteiger partial charge in [-0.2, -0.15) is 0 Å². The second kappa shape index (κ2) is 10.0. The van der Waals surface area contributed by atoms with Crippen LogP contribution in [0.2, 0.25) is 0 Å². The van der Waals surface area contributed by atoms with Crippen molar-refractivity contribution in [2.75, 3.05) is 12.4 Å². The van der Waals surface area contributed by atoms with Crippen molar-refractivity contribution in [2.45, 2.75) is 37.8 Å². The first-order valence-corrected chi connectivity index (χ1v) is 11.8. The maximum absolute atomic E-state index is 12.7. The Balaban J connectivity index is 1.77. The van der Waals surface area contributed by atoms with E-state index < -0.39 is 28.0 Å². The van der Waals surface area contributed by atoms with Crippen molar-refractivity contribution < 1.29 is 27.5 Å². The predicted molar refractivity (Wildman–Crippen MR) is 126 cm³/mol. The number of carbonyl (C=O) groups is 2. The van der Waals surface area contributed by atoms with Crippen LogP contribution in [0.1, 0.15) is 31.1 Å². The van der Waals surface area contributed by atoms with Crippen LogP contribution in [0.25, 0.3) is 10.8 Å². The lowest BCUT2D eigenvalue weighted by atomic mass is 10.1. The molecule has 0 aliphatic carbocycles. The van der Waals surface area contributed by atoms with Gasteiger partial charge in [0.25, 0.3) is 5.91 Å². The predicted octanol–water partition coefficient (Wildman–Crippen LogP) is 3.72. The number of methoxy groups -OCH3 is 1. The Kier molecular flexibility index (Phi) is 7.35. The van der Waals surface area contributed by atoms with E-state index in [1.54, 1.807) is 19.9 Å². The topological polar surface area (TPSA) is 111 Å². The van der Waals surface area contributed by atoms with Gasteiger partial charge < -0.3 is 14.8 Å². The summed E-state index contributed by atoms with van der Waals surface area (Å²) in [6.07, 6.45) is -1.12. The maximum atomic E-state index is 12.7. The average molecular weight is 471 g/mol. The van der Waals surface area contributed by atoms with Gasteiger partial charge in [-0.15, -0.1) is 0 Å². The summed E-state index contributed by atoms with van der Waals surface area (Å²) in [7, 11) is -2.59. The molecule has 33 heavy (non-hydrogen) atoms. The summed E-state index contributed by atoms with van der Waals surface area (Å²) < 4.78 is 38.1. The molecule has 0 unspecified atom stereocenters. The Morgan fingerprint density at radius 1 is 0.939 bits per heavy atom. The lowest BCUT2D eigenvalue weighted by Crippen LogP contribution is -2.31. The highest BCUT2D eigenvalue weighted by atomic mass is 32.2. The third kappa shape index (κ3) is 5.68. The fourth-order valence-electron chi connectivity index (χ4n) is 3.24. The number of fused-ring (bicyclic) bond motifs is 1. The molecule has 2 N–H and O–H groups in total. The number of esters is 1. The molecule has 0 aromatic heterocycles. The smallest absolute Gasteiger partial charge is 0.338 e. The zero-order valence-electron chi connectivity index (χ0n) is 18.8. The van der Waals surface area contributed by atoms with Crippen molar-refractivity contribution >= 4 is 38.4 Å². The highest BCUT2D eigenvalue weighted by Crippen LogP contribution is 2.26. The number of nitrogens with one attached hydrogen (secondary N) is 2. The number of amides is 1. The number of hydrogen-bond acceptors (Lipinski definition) is 6. The minimum absolute atomic E-state index is 0.0234. The van der Waals surface area contributed by atoms with Gasteiger partial charge in [0, 0.05) is 17.1 Å². The van der Waals surface area contributed by atoms with Gasteiger partial charge in [-0.25, -0.2) is 17.9 Å². The zero-order chi connectivity index (χ0) is 24.2. The van der Waals surface area contributed by atoms with E-state index in [1.165, 1.54) is 32.2 Å². The molecule has 0 aliphatic heterocycles. The van der Waals surface area contributed by atoms with Gasteiger partial charge in [-0.3, -0.25) is 4.79 Å². The largest absolute Gasteiger partial charge is 0.495 e. The average Bonchev–Trinajstić information content (AvgIpc) is 2.78.